The van der Waals surface area contributed by atoms with Crippen molar-refractivity contribution in [2.45, 2.75) is 77.8 Å². The van der Waals surface area contributed by atoms with Crippen LogP contribution in [0.5, 0.6) is 0 Å². The fourth-order valence-corrected chi connectivity index (χ4v) is 4.72. The van der Waals surface area contributed by atoms with Crippen LogP contribution in [0.2, 0.25) is 0 Å². The van der Waals surface area contributed by atoms with Crippen molar-refractivity contribution in [2.24, 2.45) is 5.92 Å². The molecule has 9 heteroatoms. The van der Waals surface area contributed by atoms with Gasteiger partial charge in [-0.2, -0.15) is 0 Å². The van der Waals surface area contributed by atoms with E-state index in [1.54, 1.807) is 6.20 Å². The van der Waals surface area contributed by atoms with Gasteiger partial charge in [0.15, 0.2) is 0 Å². The third-order valence-corrected chi connectivity index (χ3v) is 6.71. The molecule has 0 aliphatic carbocycles. The Morgan fingerprint density at radius 3 is 2.53 bits per heavy atom. The number of piperidine rings is 2. The lowest BCUT2D eigenvalue weighted by atomic mass is 9.96. The topological polar surface area (TPSA) is 97.4 Å². The van der Waals surface area contributed by atoms with Gasteiger partial charge in [0.2, 0.25) is 23.6 Å². The number of carbonyl (C=O) groups excluding carboxylic acids is 2. The van der Waals surface area contributed by atoms with Crippen molar-refractivity contribution in [3.63, 3.8) is 0 Å². The summed E-state index contributed by atoms with van der Waals surface area (Å²) in [7, 11) is 0. The molecular weight excluding hydrogens is 408 g/mol. The first kappa shape index (κ1) is 22.5. The van der Waals surface area contributed by atoms with Crippen LogP contribution in [0.1, 0.15) is 81.9 Å². The van der Waals surface area contributed by atoms with Crippen LogP contribution in [0.25, 0.3) is 0 Å². The molecular formula is C23H34N6O3. The summed E-state index contributed by atoms with van der Waals surface area (Å²) in [6, 6.07) is -0.117. The minimum absolute atomic E-state index is 0.0439. The summed E-state index contributed by atoms with van der Waals surface area (Å²) >= 11 is 0. The summed E-state index contributed by atoms with van der Waals surface area (Å²) in [5.41, 5.74) is 0. The van der Waals surface area contributed by atoms with E-state index >= 15 is 0 Å². The van der Waals surface area contributed by atoms with Crippen LogP contribution < -0.4 is 0 Å². The van der Waals surface area contributed by atoms with Gasteiger partial charge in [-0.05, 0) is 39.0 Å². The van der Waals surface area contributed by atoms with Gasteiger partial charge in [0.25, 0.3) is 0 Å². The zero-order chi connectivity index (χ0) is 22.7. The SMILES string of the molecule is Cc1nccn1CCC(=O)N1CCC(c2nnc(C3CCCCN3C(=O)C(C)C)o2)CC1. The van der Waals surface area contributed by atoms with Gasteiger partial charge in [-0.1, -0.05) is 13.8 Å². The zero-order valence-corrected chi connectivity index (χ0v) is 19.4. The molecule has 9 nitrogen and oxygen atoms in total. The normalized spacial score (nSPS) is 20.2. The molecule has 0 spiro atoms. The maximum atomic E-state index is 12.6. The lowest BCUT2D eigenvalue weighted by molar-refractivity contribution is -0.139. The molecule has 2 aliphatic rings. The van der Waals surface area contributed by atoms with Gasteiger partial charge in [-0.3, -0.25) is 9.59 Å². The average molecular weight is 443 g/mol. The van der Waals surface area contributed by atoms with Crippen molar-refractivity contribution < 1.29 is 14.0 Å². The van der Waals surface area contributed by atoms with Crippen LogP contribution in [0.4, 0.5) is 0 Å². The molecule has 32 heavy (non-hydrogen) atoms. The maximum Gasteiger partial charge on any atom is 0.238 e. The summed E-state index contributed by atoms with van der Waals surface area (Å²) < 4.78 is 8.10. The number of carbonyl (C=O) groups is 2. The lowest BCUT2D eigenvalue weighted by Crippen LogP contribution is -2.40. The van der Waals surface area contributed by atoms with Crippen molar-refractivity contribution in [3.8, 4) is 0 Å². The minimum Gasteiger partial charge on any atom is -0.423 e. The van der Waals surface area contributed by atoms with Crippen LogP contribution in [0.15, 0.2) is 16.8 Å². The standard InChI is InChI=1S/C23H34N6O3/c1-16(2)23(31)29-11-5-4-6-19(29)22-26-25-21(32-22)18-7-12-28(13-8-18)20(30)9-14-27-15-10-24-17(27)3/h10,15-16,18-19H,4-9,11-14H2,1-3H3. The van der Waals surface area contributed by atoms with Crippen molar-refractivity contribution in [3.05, 3.63) is 30.0 Å². The van der Waals surface area contributed by atoms with Crippen LogP contribution in [0.3, 0.4) is 0 Å². The fourth-order valence-electron chi connectivity index (χ4n) is 4.72. The summed E-state index contributed by atoms with van der Waals surface area (Å²) in [6.45, 7) is 8.61. The van der Waals surface area contributed by atoms with E-state index in [1.807, 2.05) is 41.3 Å². The van der Waals surface area contributed by atoms with Gasteiger partial charge in [-0.25, -0.2) is 4.98 Å². The molecule has 4 heterocycles. The first-order chi connectivity index (χ1) is 15.4. The molecule has 2 aromatic rings. The Bertz CT molecular complexity index is 928. The van der Waals surface area contributed by atoms with E-state index in [2.05, 4.69) is 15.2 Å². The highest BCUT2D eigenvalue weighted by Gasteiger charge is 2.34. The summed E-state index contributed by atoms with van der Waals surface area (Å²) in [5.74, 6) is 2.56. The van der Waals surface area contributed by atoms with Gasteiger partial charge in [0.05, 0.1) is 0 Å². The number of aryl methyl sites for hydroxylation is 2. The second-order valence-corrected chi connectivity index (χ2v) is 9.25. The van der Waals surface area contributed by atoms with Gasteiger partial charge in [0, 0.05) is 56.8 Å². The molecule has 0 saturated carbocycles. The Kier molecular flexibility index (Phi) is 6.91. The number of amides is 2. The quantitative estimate of drug-likeness (QED) is 0.682. The Morgan fingerprint density at radius 2 is 1.84 bits per heavy atom. The van der Waals surface area contributed by atoms with E-state index < -0.39 is 0 Å². The van der Waals surface area contributed by atoms with Gasteiger partial charge < -0.3 is 18.8 Å². The van der Waals surface area contributed by atoms with Crippen molar-refractivity contribution >= 4 is 11.8 Å². The molecule has 4 rings (SSSR count). The van der Waals surface area contributed by atoms with Crippen LogP contribution in [-0.2, 0) is 16.1 Å². The molecule has 0 radical (unpaired) electrons. The van der Waals surface area contributed by atoms with Crippen LogP contribution in [0, 0.1) is 12.8 Å². The van der Waals surface area contributed by atoms with Crippen molar-refractivity contribution in [1.29, 1.82) is 0 Å². The third kappa shape index (κ3) is 4.86. The van der Waals surface area contributed by atoms with E-state index in [4.69, 9.17) is 4.42 Å². The summed E-state index contributed by atoms with van der Waals surface area (Å²) in [4.78, 5) is 33.3. The first-order valence-electron chi connectivity index (χ1n) is 11.8. The van der Waals surface area contributed by atoms with Crippen LogP contribution in [-0.4, -0.2) is 61.0 Å². The Balaban J connectivity index is 1.32. The molecule has 174 valence electrons. The number of hydrogen-bond donors (Lipinski definition) is 0. The van der Waals surface area contributed by atoms with E-state index in [9.17, 15) is 9.59 Å². The highest BCUT2D eigenvalue weighted by molar-refractivity contribution is 5.78. The Hall–Kier alpha value is -2.71. The third-order valence-electron chi connectivity index (χ3n) is 6.71. The molecule has 2 fully saturated rings. The molecule has 0 aromatic carbocycles. The predicted octanol–water partition coefficient (Wildman–Crippen LogP) is 3.08. The first-order valence-corrected chi connectivity index (χ1v) is 11.8. The predicted molar refractivity (Wildman–Crippen MR) is 118 cm³/mol. The molecule has 2 aromatic heterocycles. The number of likely N-dealkylation sites (tertiary alicyclic amines) is 2. The van der Waals surface area contributed by atoms with Gasteiger partial charge in [0.1, 0.15) is 11.9 Å². The number of imidazole rings is 1. The van der Waals surface area contributed by atoms with Gasteiger partial charge in [-0.15, -0.1) is 10.2 Å². The summed E-state index contributed by atoms with van der Waals surface area (Å²) in [6.07, 6.45) is 8.72. The lowest BCUT2D eigenvalue weighted by Gasteiger charge is -2.34. The molecule has 1 atom stereocenters. The monoisotopic (exact) mass is 442 g/mol. The molecule has 0 N–H and O–H groups in total. The van der Waals surface area contributed by atoms with Crippen LogP contribution >= 0.6 is 0 Å². The zero-order valence-electron chi connectivity index (χ0n) is 19.4. The maximum absolute atomic E-state index is 12.6. The van der Waals surface area contributed by atoms with E-state index in [0.29, 0.717) is 37.8 Å². The second kappa shape index (κ2) is 9.83. The molecule has 2 amide bonds. The minimum atomic E-state index is -0.117. The number of hydrogen-bond acceptors (Lipinski definition) is 6. The highest BCUT2D eigenvalue weighted by atomic mass is 16.4. The van der Waals surface area contributed by atoms with Gasteiger partial charge >= 0.3 is 0 Å². The molecule has 0 bridgehead atoms. The molecule has 1 unspecified atom stereocenters. The van der Waals surface area contributed by atoms with E-state index in [-0.39, 0.29) is 29.7 Å². The molecule has 2 saturated heterocycles. The Morgan fingerprint density at radius 1 is 1.09 bits per heavy atom. The number of aromatic nitrogens is 4. The molecule has 2 aliphatic heterocycles. The van der Waals surface area contributed by atoms with Crippen molar-refractivity contribution in [1.82, 2.24) is 29.5 Å². The fraction of sp³-hybridized carbons (Fsp3) is 0.696. The van der Waals surface area contributed by atoms with E-state index in [1.165, 1.54) is 0 Å². The highest BCUT2D eigenvalue weighted by Crippen LogP contribution is 2.34. The average Bonchev–Trinajstić information content (AvgIpc) is 3.46. The number of rotatable bonds is 6. The van der Waals surface area contributed by atoms with Crippen molar-refractivity contribution in [2.75, 3.05) is 19.6 Å². The smallest absolute Gasteiger partial charge is 0.238 e. The second-order valence-electron chi connectivity index (χ2n) is 9.25. The largest absolute Gasteiger partial charge is 0.423 e. The summed E-state index contributed by atoms with van der Waals surface area (Å²) in [5, 5.41) is 8.66. The van der Waals surface area contributed by atoms with E-state index in [0.717, 1.165) is 44.5 Å². The Labute approximate surface area is 189 Å². The number of nitrogens with zero attached hydrogens (tertiary/aromatic N) is 6.